The van der Waals surface area contributed by atoms with Gasteiger partial charge in [0.05, 0.1) is 6.04 Å². The summed E-state index contributed by atoms with van der Waals surface area (Å²) in [7, 11) is 2.13. The second-order valence-corrected chi connectivity index (χ2v) is 6.59. The van der Waals surface area contributed by atoms with Gasteiger partial charge in [0.1, 0.15) is 6.17 Å². The molecule has 5 heteroatoms. The number of amides is 1. The maximum Gasteiger partial charge on any atom is 0.241 e. The highest BCUT2D eigenvalue weighted by Crippen LogP contribution is 2.26. The molecule has 0 aliphatic carbocycles. The molecule has 0 aromatic carbocycles. The molecule has 0 saturated carbocycles. The van der Waals surface area contributed by atoms with Gasteiger partial charge in [0.25, 0.3) is 0 Å². The quantitative estimate of drug-likeness (QED) is 0.875. The van der Waals surface area contributed by atoms with E-state index in [1.165, 1.54) is 5.56 Å². The van der Waals surface area contributed by atoms with Gasteiger partial charge in [0.2, 0.25) is 5.91 Å². The highest BCUT2D eigenvalue weighted by atomic mass is 32.1. The lowest BCUT2D eigenvalue weighted by molar-refractivity contribution is -0.129. The highest BCUT2D eigenvalue weighted by Gasteiger charge is 2.36. The van der Waals surface area contributed by atoms with Crippen molar-refractivity contribution in [3.63, 3.8) is 0 Å². The molecular formula is C15H25N3OS. The Morgan fingerprint density at radius 2 is 2.25 bits per heavy atom. The number of thiophene rings is 1. The van der Waals surface area contributed by atoms with Gasteiger partial charge in [-0.1, -0.05) is 0 Å². The third kappa shape index (κ3) is 3.40. The van der Waals surface area contributed by atoms with Crippen molar-refractivity contribution in [1.29, 1.82) is 0 Å². The van der Waals surface area contributed by atoms with Crippen molar-refractivity contribution in [2.45, 2.75) is 45.4 Å². The van der Waals surface area contributed by atoms with Crippen molar-refractivity contribution in [3.05, 3.63) is 22.4 Å². The number of hydrogen-bond donors (Lipinski definition) is 1. The standard InChI is InChI=1S/C15H25N3OS/c1-11(2)17(4)7-5-8-18-14(13-6-9-20-10-13)16-12(3)15(18)19/h6,9-12,14,16H,5,7-8H2,1-4H3. The summed E-state index contributed by atoms with van der Waals surface area (Å²) < 4.78 is 0. The van der Waals surface area contributed by atoms with Gasteiger partial charge in [-0.15, -0.1) is 0 Å². The first-order valence-corrected chi connectivity index (χ1v) is 8.24. The Kier molecular flexibility index (Phi) is 5.18. The molecule has 112 valence electrons. The van der Waals surface area contributed by atoms with Crippen LogP contribution in [0.15, 0.2) is 16.8 Å². The summed E-state index contributed by atoms with van der Waals surface area (Å²) in [6, 6.07) is 2.57. The molecule has 1 aliphatic rings. The lowest BCUT2D eigenvalue weighted by Gasteiger charge is -2.26. The van der Waals surface area contributed by atoms with Crippen LogP contribution >= 0.6 is 11.3 Å². The Hall–Kier alpha value is -0.910. The van der Waals surface area contributed by atoms with Gasteiger partial charge < -0.3 is 9.80 Å². The average molecular weight is 295 g/mol. The molecule has 2 atom stereocenters. The van der Waals surface area contributed by atoms with Crippen LogP contribution in [0.1, 0.15) is 38.9 Å². The third-order valence-electron chi connectivity index (χ3n) is 4.02. The molecule has 1 aromatic heterocycles. The minimum absolute atomic E-state index is 0.0492. The van der Waals surface area contributed by atoms with Crippen LogP contribution in [-0.4, -0.2) is 47.9 Å². The molecular weight excluding hydrogens is 270 g/mol. The minimum atomic E-state index is -0.0808. The van der Waals surface area contributed by atoms with E-state index in [-0.39, 0.29) is 18.1 Å². The maximum atomic E-state index is 12.3. The first-order valence-electron chi connectivity index (χ1n) is 7.29. The predicted molar refractivity (Wildman–Crippen MR) is 83.8 cm³/mol. The topological polar surface area (TPSA) is 35.6 Å². The number of hydrogen-bond acceptors (Lipinski definition) is 4. The molecule has 2 heterocycles. The predicted octanol–water partition coefficient (Wildman–Crippen LogP) is 2.30. The maximum absolute atomic E-state index is 12.3. The molecule has 1 aliphatic heterocycles. The number of nitrogens with one attached hydrogen (secondary N) is 1. The van der Waals surface area contributed by atoms with E-state index in [0.717, 1.165) is 19.5 Å². The van der Waals surface area contributed by atoms with E-state index in [1.54, 1.807) is 11.3 Å². The van der Waals surface area contributed by atoms with Gasteiger partial charge >= 0.3 is 0 Å². The largest absolute Gasteiger partial charge is 0.321 e. The molecule has 4 nitrogen and oxygen atoms in total. The molecule has 1 saturated heterocycles. The van der Waals surface area contributed by atoms with Gasteiger partial charge in [0.15, 0.2) is 0 Å². The number of carbonyl (C=O) groups is 1. The van der Waals surface area contributed by atoms with E-state index in [0.29, 0.717) is 6.04 Å². The van der Waals surface area contributed by atoms with Crippen molar-refractivity contribution in [1.82, 2.24) is 15.1 Å². The van der Waals surface area contributed by atoms with Gasteiger partial charge in [-0.3, -0.25) is 10.1 Å². The molecule has 1 amide bonds. The molecule has 0 spiro atoms. The van der Waals surface area contributed by atoms with E-state index in [2.05, 4.69) is 47.9 Å². The number of nitrogens with zero attached hydrogens (tertiary/aromatic N) is 2. The first-order chi connectivity index (χ1) is 9.50. The van der Waals surface area contributed by atoms with Crippen LogP contribution in [0.2, 0.25) is 0 Å². The summed E-state index contributed by atoms with van der Waals surface area (Å²) in [5, 5.41) is 7.57. The van der Waals surface area contributed by atoms with E-state index >= 15 is 0 Å². The summed E-state index contributed by atoms with van der Waals surface area (Å²) in [5.74, 6) is 0.216. The van der Waals surface area contributed by atoms with E-state index in [1.807, 2.05) is 11.8 Å². The van der Waals surface area contributed by atoms with Gasteiger partial charge in [-0.25, -0.2) is 0 Å². The Balaban J connectivity index is 1.95. The van der Waals surface area contributed by atoms with Gasteiger partial charge in [-0.05, 0) is 63.2 Å². The SMILES string of the molecule is CC1NC(c2ccsc2)N(CCCN(C)C(C)C)C1=O. The van der Waals surface area contributed by atoms with Crippen molar-refractivity contribution in [3.8, 4) is 0 Å². The average Bonchev–Trinajstić information content (AvgIpc) is 3.01. The second kappa shape index (κ2) is 6.70. The van der Waals surface area contributed by atoms with Crippen LogP contribution in [0.3, 0.4) is 0 Å². The Bertz CT molecular complexity index is 432. The zero-order valence-electron chi connectivity index (χ0n) is 12.8. The van der Waals surface area contributed by atoms with E-state index < -0.39 is 0 Å². The smallest absolute Gasteiger partial charge is 0.241 e. The van der Waals surface area contributed by atoms with Gasteiger partial charge in [-0.2, -0.15) is 11.3 Å². The van der Waals surface area contributed by atoms with Gasteiger partial charge in [0, 0.05) is 12.6 Å². The van der Waals surface area contributed by atoms with Crippen LogP contribution in [0.25, 0.3) is 0 Å². The lowest BCUT2D eigenvalue weighted by atomic mass is 10.2. The molecule has 0 radical (unpaired) electrons. The molecule has 2 unspecified atom stereocenters. The normalized spacial score (nSPS) is 23.3. The molecule has 2 rings (SSSR count). The zero-order valence-corrected chi connectivity index (χ0v) is 13.6. The zero-order chi connectivity index (χ0) is 14.7. The summed E-state index contributed by atoms with van der Waals surface area (Å²) in [6.45, 7) is 8.17. The molecule has 1 fully saturated rings. The monoisotopic (exact) mass is 295 g/mol. The van der Waals surface area contributed by atoms with Crippen molar-refractivity contribution >= 4 is 17.2 Å². The van der Waals surface area contributed by atoms with Crippen molar-refractivity contribution in [2.75, 3.05) is 20.1 Å². The number of rotatable bonds is 6. The first kappa shape index (κ1) is 15.5. The van der Waals surface area contributed by atoms with Crippen LogP contribution < -0.4 is 5.32 Å². The van der Waals surface area contributed by atoms with Crippen LogP contribution in [-0.2, 0) is 4.79 Å². The lowest BCUT2D eigenvalue weighted by Crippen LogP contribution is -2.34. The summed E-state index contributed by atoms with van der Waals surface area (Å²) in [5.41, 5.74) is 1.20. The Labute approximate surface area is 125 Å². The van der Waals surface area contributed by atoms with E-state index in [4.69, 9.17) is 0 Å². The van der Waals surface area contributed by atoms with Crippen LogP contribution in [0, 0.1) is 0 Å². The van der Waals surface area contributed by atoms with Crippen molar-refractivity contribution in [2.24, 2.45) is 0 Å². The van der Waals surface area contributed by atoms with Crippen LogP contribution in [0.4, 0.5) is 0 Å². The molecule has 1 aromatic rings. The van der Waals surface area contributed by atoms with Crippen molar-refractivity contribution < 1.29 is 4.79 Å². The third-order valence-corrected chi connectivity index (χ3v) is 4.72. The van der Waals surface area contributed by atoms with Crippen LogP contribution in [0.5, 0.6) is 0 Å². The minimum Gasteiger partial charge on any atom is -0.321 e. The second-order valence-electron chi connectivity index (χ2n) is 5.81. The van der Waals surface area contributed by atoms with E-state index in [9.17, 15) is 4.79 Å². The fourth-order valence-electron chi connectivity index (χ4n) is 2.47. The Morgan fingerprint density at radius 3 is 2.85 bits per heavy atom. The summed E-state index contributed by atoms with van der Waals surface area (Å²) >= 11 is 1.68. The number of carbonyl (C=O) groups excluding carboxylic acids is 1. The molecule has 0 bridgehead atoms. The highest BCUT2D eigenvalue weighted by molar-refractivity contribution is 7.07. The fraction of sp³-hybridized carbons (Fsp3) is 0.667. The molecule has 1 N–H and O–H groups in total. The summed E-state index contributed by atoms with van der Waals surface area (Å²) in [4.78, 5) is 16.6. The summed E-state index contributed by atoms with van der Waals surface area (Å²) in [6.07, 6.45) is 1.06. The fourth-order valence-corrected chi connectivity index (χ4v) is 3.15. The molecule has 20 heavy (non-hydrogen) atoms. The Morgan fingerprint density at radius 1 is 1.50 bits per heavy atom.